The molecule has 7 heteroatoms. The maximum absolute atomic E-state index is 12.8. The van der Waals surface area contributed by atoms with Gasteiger partial charge in [-0.05, 0) is 30.2 Å². The van der Waals surface area contributed by atoms with E-state index < -0.39 is 0 Å². The van der Waals surface area contributed by atoms with Crippen molar-refractivity contribution in [2.24, 2.45) is 0 Å². The van der Waals surface area contributed by atoms with Gasteiger partial charge in [-0.25, -0.2) is 9.97 Å². The highest BCUT2D eigenvalue weighted by molar-refractivity contribution is 6.30. The van der Waals surface area contributed by atoms with Crippen molar-refractivity contribution in [3.05, 3.63) is 46.7 Å². The summed E-state index contributed by atoms with van der Waals surface area (Å²) in [6.45, 7) is 3.80. The fraction of sp³-hybridized carbons (Fsp3) is 0.389. The van der Waals surface area contributed by atoms with Crippen molar-refractivity contribution in [2.75, 3.05) is 49.6 Å². The topological polar surface area (TPSA) is 52.6 Å². The number of halogens is 1. The van der Waals surface area contributed by atoms with Gasteiger partial charge >= 0.3 is 0 Å². The number of rotatable bonds is 2. The van der Waals surface area contributed by atoms with E-state index in [2.05, 4.69) is 19.8 Å². The van der Waals surface area contributed by atoms with Crippen LogP contribution >= 0.6 is 11.6 Å². The fourth-order valence-electron chi connectivity index (χ4n) is 3.37. The highest BCUT2D eigenvalue weighted by Gasteiger charge is 2.25. The molecule has 0 N–H and O–H groups in total. The van der Waals surface area contributed by atoms with Crippen molar-refractivity contribution >= 4 is 29.1 Å². The van der Waals surface area contributed by atoms with E-state index in [1.165, 1.54) is 5.56 Å². The molecule has 0 radical (unpaired) electrons. The van der Waals surface area contributed by atoms with Gasteiger partial charge in [0.1, 0.15) is 17.3 Å². The second-order valence-corrected chi connectivity index (χ2v) is 6.90. The zero-order valence-corrected chi connectivity index (χ0v) is 14.9. The molecule has 0 saturated carbocycles. The van der Waals surface area contributed by atoms with Crippen LogP contribution in [0, 0.1) is 0 Å². The quantitative estimate of drug-likeness (QED) is 0.823. The number of likely N-dealkylation sites (N-methyl/N-ethyl adjacent to an activating group) is 1. The summed E-state index contributed by atoms with van der Waals surface area (Å²) in [4.78, 5) is 27.9. The van der Waals surface area contributed by atoms with E-state index in [0.29, 0.717) is 23.8 Å². The Morgan fingerprint density at radius 1 is 1.08 bits per heavy atom. The van der Waals surface area contributed by atoms with Gasteiger partial charge in [0, 0.05) is 46.0 Å². The molecule has 2 aromatic rings. The number of piperazine rings is 1. The molecule has 0 aliphatic carbocycles. The fourth-order valence-corrected chi connectivity index (χ4v) is 3.48. The summed E-state index contributed by atoms with van der Waals surface area (Å²) in [6, 6.07) is 7.64. The lowest BCUT2D eigenvalue weighted by Crippen LogP contribution is -2.49. The summed E-state index contributed by atoms with van der Waals surface area (Å²) in [5, 5.41) is 0.630. The minimum atomic E-state index is 0.00631. The molecule has 2 aliphatic rings. The summed E-state index contributed by atoms with van der Waals surface area (Å²) in [7, 11) is 2.02. The van der Waals surface area contributed by atoms with E-state index in [-0.39, 0.29) is 5.91 Å². The predicted molar refractivity (Wildman–Crippen MR) is 98.6 cm³/mol. The van der Waals surface area contributed by atoms with Gasteiger partial charge in [0.25, 0.3) is 5.91 Å². The van der Waals surface area contributed by atoms with Crippen molar-refractivity contribution in [1.29, 1.82) is 0 Å². The first kappa shape index (κ1) is 16.1. The van der Waals surface area contributed by atoms with Crippen LogP contribution in [0.1, 0.15) is 16.1 Å². The van der Waals surface area contributed by atoms with Gasteiger partial charge in [-0.3, -0.25) is 4.79 Å². The van der Waals surface area contributed by atoms with Gasteiger partial charge in [0.15, 0.2) is 0 Å². The monoisotopic (exact) mass is 357 g/mol. The Morgan fingerprint density at radius 2 is 1.88 bits per heavy atom. The van der Waals surface area contributed by atoms with Crippen LogP contribution in [0.15, 0.2) is 30.5 Å². The number of anilines is 2. The lowest BCUT2D eigenvalue weighted by atomic mass is 10.2. The highest BCUT2D eigenvalue weighted by Crippen LogP contribution is 2.25. The Bertz CT molecular complexity index is 787. The van der Waals surface area contributed by atoms with Crippen molar-refractivity contribution in [2.45, 2.75) is 6.42 Å². The second kappa shape index (κ2) is 6.52. The molecular weight excluding hydrogens is 338 g/mol. The molecule has 0 spiro atoms. The van der Waals surface area contributed by atoms with E-state index in [1.807, 2.05) is 36.2 Å². The van der Waals surface area contributed by atoms with E-state index in [9.17, 15) is 4.79 Å². The Morgan fingerprint density at radius 3 is 2.60 bits per heavy atom. The van der Waals surface area contributed by atoms with E-state index in [1.54, 1.807) is 6.20 Å². The molecule has 2 aliphatic heterocycles. The smallest absolute Gasteiger partial charge is 0.272 e. The van der Waals surface area contributed by atoms with Gasteiger partial charge in [-0.1, -0.05) is 17.7 Å². The van der Waals surface area contributed by atoms with Crippen molar-refractivity contribution in [3.8, 4) is 0 Å². The van der Waals surface area contributed by atoms with Crippen LogP contribution in [0.5, 0.6) is 0 Å². The van der Waals surface area contributed by atoms with Gasteiger partial charge in [-0.2, -0.15) is 0 Å². The number of pyridine rings is 2. The number of hydrogen-bond acceptors (Lipinski definition) is 5. The first-order valence-corrected chi connectivity index (χ1v) is 8.86. The molecule has 0 unspecified atom stereocenters. The molecule has 0 aromatic carbocycles. The van der Waals surface area contributed by atoms with Crippen LogP contribution in [0.25, 0.3) is 0 Å². The van der Waals surface area contributed by atoms with Gasteiger partial charge in [0.05, 0.1) is 5.02 Å². The van der Waals surface area contributed by atoms with Crippen molar-refractivity contribution < 1.29 is 4.79 Å². The van der Waals surface area contributed by atoms with E-state index in [0.717, 1.165) is 37.7 Å². The van der Waals surface area contributed by atoms with Crippen LogP contribution in [-0.4, -0.2) is 60.5 Å². The molecule has 25 heavy (non-hydrogen) atoms. The summed E-state index contributed by atoms with van der Waals surface area (Å²) < 4.78 is 0. The van der Waals surface area contributed by atoms with Crippen LogP contribution in [0.2, 0.25) is 5.02 Å². The largest absolute Gasteiger partial charge is 0.359 e. The number of amides is 1. The maximum Gasteiger partial charge on any atom is 0.272 e. The molecule has 2 aromatic heterocycles. The Hall–Kier alpha value is -2.34. The standard InChI is InChI=1S/C18H20ClN5O/c1-22-7-6-13-2-4-15(21-17(13)22)18(25)24-10-8-23(9-11-24)16-5-3-14(19)12-20-16/h2-5,12H,6-11H2,1H3. The third kappa shape index (κ3) is 3.14. The van der Waals surface area contributed by atoms with Gasteiger partial charge in [-0.15, -0.1) is 0 Å². The molecule has 0 bridgehead atoms. The average Bonchev–Trinajstić information content (AvgIpc) is 3.02. The van der Waals surface area contributed by atoms with Crippen LogP contribution in [0.3, 0.4) is 0 Å². The Labute approximate surface area is 152 Å². The summed E-state index contributed by atoms with van der Waals surface area (Å²) in [6.07, 6.45) is 2.65. The number of carbonyl (C=O) groups is 1. The Balaban J connectivity index is 1.43. The Kier molecular flexibility index (Phi) is 4.21. The number of nitrogens with zero attached hydrogens (tertiary/aromatic N) is 5. The van der Waals surface area contributed by atoms with Crippen LogP contribution in [0.4, 0.5) is 11.6 Å². The molecule has 4 rings (SSSR count). The molecule has 1 amide bonds. The lowest BCUT2D eigenvalue weighted by Gasteiger charge is -2.35. The molecule has 4 heterocycles. The third-order valence-electron chi connectivity index (χ3n) is 4.86. The summed E-state index contributed by atoms with van der Waals surface area (Å²) >= 11 is 5.89. The zero-order chi connectivity index (χ0) is 17.4. The molecule has 6 nitrogen and oxygen atoms in total. The summed E-state index contributed by atoms with van der Waals surface area (Å²) in [5.74, 6) is 1.84. The molecule has 1 saturated heterocycles. The minimum Gasteiger partial charge on any atom is -0.359 e. The first-order chi connectivity index (χ1) is 12.1. The molecule has 0 atom stereocenters. The van der Waals surface area contributed by atoms with Gasteiger partial charge < -0.3 is 14.7 Å². The zero-order valence-electron chi connectivity index (χ0n) is 14.2. The first-order valence-electron chi connectivity index (χ1n) is 8.48. The number of carbonyl (C=O) groups excluding carboxylic acids is 1. The minimum absolute atomic E-state index is 0.00631. The third-order valence-corrected chi connectivity index (χ3v) is 5.08. The van der Waals surface area contributed by atoms with E-state index >= 15 is 0 Å². The number of hydrogen-bond donors (Lipinski definition) is 0. The lowest BCUT2D eigenvalue weighted by molar-refractivity contribution is 0.0740. The van der Waals surface area contributed by atoms with E-state index in [4.69, 9.17) is 11.6 Å². The highest BCUT2D eigenvalue weighted by atomic mass is 35.5. The SMILES string of the molecule is CN1CCc2ccc(C(=O)N3CCN(c4ccc(Cl)cn4)CC3)nc21. The van der Waals surface area contributed by atoms with Crippen LogP contribution < -0.4 is 9.80 Å². The number of fused-ring (bicyclic) bond motifs is 1. The number of aromatic nitrogens is 2. The average molecular weight is 358 g/mol. The summed E-state index contributed by atoms with van der Waals surface area (Å²) in [5.41, 5.74) is 1.75. The normalized spacial score (nSPS) is 17.0. The second-order valence-electron chi connectivity index (χ2n) is 6.46. The molecule has 130 valence electrons. The van der Waals surface area contributed by atoms with Crippen molar-refractivity contribution in [3.63, 3.8) is 0 Å². The molecule has 1 fully saturated rings. The van der Waals surface area contributed by atoms with Crippen LogP contribution in [-0.2, 0) is 6.42 Å². The molecular formula is C18H20ClN5O. The van der Waals surface area contributed by atoms with Crippen molar-refractivity contribution in [1.82, 2.24) is 14.9 Å². The predicted octanol–water partition coefficient (Wildman–Crippen LogP) is 2.08. The van der Waals surface area contributed by atoms with Gasteiger partial charge in [0.2, 0.25) is 0 Å². The maximum atomic E-state index is 12.8.